The molecule has 2 aromatic rings. The number of carbonyl (C=O) groups excluding carboxylic acids is 1. The molecular formula is C17H21N3O3S. The summed E-state index contributed by atoms with van der Waals surface area (Å²) in [6.45, 7) is 7.98. The van der Waals surface area contributed by atoms with E-state index in [9.17, 15) is 4.79 Å². The third kappa shape index (κ3) is 4.61. The standard InChI is InChI=1S/C17H21N3O3S/c1-5-10-20-16(13-6-8-14(22-4)9-7-13)18-19-17(20)24-11-15(21)23-12(2)3/h5-9,12H,1,10-11H2,2-4H3. The molecule has 24 heavy (non-hydrogen) atoms. The fourth-order valence-corrected chi connectivity index (χ4v) is 2.79. The van der Waals surface area contributed by atoms with E-state index in [0.29, 0.717) is 11.7 Å². The van der Waals surface area contributed by atoms with Crippen LogP contribution in [0.4, 0.5) is 0 Å². The first-order valence-electron chi connectivity index (χ1n) is 7.56. The first-order valence-corrected chi connectivity index (χ1v) is 8.54. The second-order valence-electron chi connectivity index (χ2n) is 5.26. The SMILES string of the molecule is C=CCn1c(SCC(=O)OC(C)C)nnc1-c1ccc(OC)cc1. The molecule has 6 nitrogen and oxygen atoms in total. The fraction of sp³-hybridized carbons (Fsp3) is 0.353. The summed E-state index contributed by atoms with van der Waals surface area (Å²) in [5.41, 5.74) is 0.918. The minimum atomic E-state index is -0.269. The number of nitrogens with zero attached hydrogens (tertiary/aromatic N) is 3. The molecule has 0 saturated heterocycles. The van der Waals surface area contributed by atoms with Crippen molar-refractivity contribution in [1.82, 2.24) is 14.8 Å². The highest BCUT2D eigenvalue weighted by molar-refractivity contribution is 7.99. The first kappa shape index (κ1) is 18.1. The maximum atomic E-state index is 11.7. The minimum Gasteiger partial charge on any atom is -0.497 e. The summed E-state index contributed by atoms with van der Waals surface area (Å²) in [7, 11) is 1.63. The third-order valence-corrected chi connectivity index (χ3v) is 4.00. The number of allylic oxidation sites excluding steroid dienone is 1. The number of hydrogen-bond acceptors (Lipinski definition) is 6. The molecule has 0 bridgehead atoms. The lowest BCUT2D eigenvalue weighted by Gasteiger charge is -2.09. The number of thioether (sulfide) groups is 1. The summed E-state index contributed by atoms with van der Waals surface area (Å²) in [5, 5.41) is 9.10. The van der Waals surface area contributed by atoms with Gasteiger partial charge in [0.15, 0.2) is 11.0 Å². The Bertz CT molecular complexity index is 696. The number of esters is 1. The van der Waals surface area contributed by atoms with Crippen molar-refractivity contribution in [2.24, 2.45) is 0 Å². The van der Waals surface area contributed by atoms with E-state index in [1.165, 1.54) is 11.8 Å². The van der Waals surface area contributed by atoms with Crippen LogP contribution < -0.4 is 4.74 Å². The fourth-order valence-electron chi connectivity index (χ4n) is 2.06. The minimum absolute atomic E-state index is 0.126. The van der Waals surface area contributed by atoms with Crippen LogP contribution in [0.5, 0.6) is 5.75 Å². The van der Waals surface area contributed by atoms with Crippen molar-refractivity contribution in [2.75, 3.05) is 12.9 Å². The van der Waals surface area contributed by atoms with Crippen molar-refractivity contribution in [1.29, 1.82) is 0 Å². The Balaban J connectivity index is 2.19. The van der Waals surface area contributed by atoms with Gasteiger partial charge in [0.05, 0.1) is 19.0 Å². The van der Waals surface area contributed by atoms with Crippen LogP contribution in [0.1, 0.15) is 13.8 Å². The first-order chi connectivity index (χ1) is 11.5. The summed E-state index contributed by atoms with van der Waals surface area (Å²) in [5.74, 6) is 1.42. The number of methoxy groups -OCH3 is 1. The van der Waals surface area contributed by atoms with Gasteiger partial charge in [-0.15, -0.1) is 16.8 Å². The van der Waals surface area contributed by atoms with Crippen LogP contribution in [0, 0.1) is 0 Å². The summed E-state index contributed by atoms with van der Waals surface area (Å²) < 4.78 is 12.2. The molecule has 0 N–H and O–H groups in total. The van der Waals surface area contributed by atoms with Crippen LogP contribution in [0.25, 0.3) is 11.4 Å². The van der Waals surface area contributed by atoms with Gasteiger partial charge >= 0.3 is 5.97 Å². The molecule has 128 valence electrons. The molecule has 0 aliphatic carbocycles. The summed E-state index contributed by atoms with van der Waals surface area (Å²) in [6.07, 6.45) is 1.64. The molecule has 0 atom stereocenters. The summed E-state index contributed by atoms with van der Waals surface area (Å²) >= 11 is 1.30. The van der Waals surface area contributed by atoms with Crippen LogP contribution in [-0.4, -0.2) is 39.7 Å². The number of rotatable bonds is 8. The molecular weight excluding hydrogens is 326 g/mol. The second kappa shape index (κ2) is 8.54. The molecule has 1 aromatic carbocycles. The largest absolute Gasteiger partial charge is 0.497 e. The van der Waals surface area contributed by atoms with Gasteiger partial charge in [0, 0.05) is 12.1 Å². The van der Waals surface area contributed by atoms with Gasteiger partial charge in [-0.1, -0.05) is 17.8 Å². The maximum absolute atomic E-state index is 11.7. The quantitative estimate of drug-likeness (QED) is 0.415. The predicted molar refractivity (Wildman–Crippen MR) is 94.2 cm³/mol. The Hall–Kier alpha value is -2.28. The number of carbonyl (C=O) groups is 1. The Labute approximate surface area is 145 Å². The van der Waals surface area contributed by atoms with Crippen LogP contribution in [-0.2, 0) is 16.1 Å². The van der Waals surface area contributed by atoms with Gasteiger partial charge in [-0.2, -0.15) is 0 Å². The summed E-state index contributed by atoms with van der Waals surface area (Å²) in [6, 6.07) is 7.58. The van der Waals surface area contributed by atoms with Crippen LogP contribution in [0.3, 0.4) is 0 Å². The molecule has 2 rings (SSSR count). The number of aromatic nitrogens is 3. The molecule has 0 radical (unpaired) electrons. The number of benzene rings is 1. The number of hydrogen-bond donors (Lipinski definition) is 0. The molecule has 0 unspecified atom stereocenters. The Kier molecular flexibility index (Phi) is 6.43. The van der Waals surface area contributed by atoms with Crippen molar-refractivity contribution < 1.29 is 14.3 Å². The van der Waals surface area contributed by atoms with E-state index in [0.717, 1.165) is 17.1 Å². The normalized spacial score (nSPS) is 10.7. The number of ether oxygens (including phenoxy) is 2. The molecule has 1 aromatic heterocycles. The lowest BCUT2D eigenvalue weighted by molar-refractivity contribution is -0.144. The average molecular weight is 347 g/mol. The van der Waals surface area contributed by atoms with E-state index in [1.807, 2.05) is 42.7 Å². The van der Waals surface area contributed by atoms with E-state index >= 15 is 0 Å². The van der Waals surface area contributed by atoms with Crippen molar-refractivity contribution in [2.45, 2.75) is 31.7 Å². The van der Waals surface area contributed by atoms with Crippen LogP contribution >= 0.6 is 11.8 Å². The van der Waals surface area contributed by atoms with Crippen molar-refractivity contribution in [3.63, 3.8) is 0 Å². The lowest BCUT2D eigenvalue weighted by atomic mass is 10.2. The zero-order chi connectivity index (χ0) is 17.5. The molecule has 0 fully saturated rings. The van der Waals surface area contributed by atoms with Gasteiger partial charge in [0.2, 0.25) is 0 Å². The Morgan fingerprint density at radius 1 is 1.33 bits per heavy atom. The zero-order valence-electron chi connectivity index (χ0n) is 14.1. The van der Waals surface area contributed by atoms with E-state index in [4.69, 9.17) is 9.47 Å². The van der Waals surface area contributed by atoms with Gasteiger partial charge in [-0.25, -0.2) is 0 Å². The molecule has 1 heterocycles. The Morgan fingerprint density at radius 2 is 2.04 bits per heavy atom. The van der Waals surface area contributed by atoms with E-state index < -0.39 is 0 Å². The highest BCUT2D eigenvalue weighted by Crippen LogP contribution is 2.25. The average Bonchev–Trinajstić information content (AvgIpc) is 2.95. The highest BCUT2D eigenvalue weighted by Gasteiger charge is 2.15. The van der Waals surface area contributed by atoms with E-state index in [1.54, 1.807) is 13.2 Å². The van der Waals surface area contributed by atoms with Gasteiger partial charge in [-0.05, 0) is 38.1 Å². The zero-order valence-corrected chi connectivity index (χ0v) is 14.9. The van der Waals surface area contributed by atoms with Crippen molar-refractivity contribution >= 4 is 17.7 Å². The smallest absolute Gasteiger partial charge is 0.316 e. The molecule has 0 aliphatic rings. The maximum Gasteiger partial charge on any atom is 0.316 e. The van der Waals surface area contributed by atoms with E-state index in [-0.39, 0.29) is 17.8 Å². The summed E-state index contributed by atoms with van der Waals surface area (Å²) in [4.78, 5) is 11.7. The lowest BCUT2D eigenvalue weighted by Crippen LogP contribution is -2.13. The van der Waals surface area contributed by atoms with Gasteiger partial charge in [0.1, 0.15) is 5.75 Å². The molecule has 0 aliphatic heterocycles. The van der Waals surface area contributed by atoms with Gasteiger partial charge in [-0.3, -0.25) is 9.36 Å². The monoisotopic (exact) mass is 347 g/mol. The van der Waals surface area contributed by atoms with E-state index in [2.05, 4.69) is 16.8 Å². The second-order valence-corrected chi connectivity index (χ2v) is 6.20. The highest BCUT2D eigenvalue weighted by atomic mass is 32.2. The predicted octanol–water partition coefficient (Wildman–Crippen LogP) is 3.18. The van der Waals surface area contributed by atoms with Crippen molar-refractivity contribution in [3.8, 4) is 17.1 Å². The Morgan fingerprint density at radius 3 is 2.62 bits per heavy atom. The van der Waals surface area contributed by atoms with Crippen LogP contribution in [0.15, 0.2) is 42.1 Å². The molecule has 0 amide bonds. The molecule has 0 spiro atoms. The van der Waals surface area contributed by atoms with Gasteiger partial charge in [0.25, 0.3) is 0 Å². The molecule has 0 saturated carbocycles. The molecule has 7 heteroatoms. The topological polar surface area (TPSA) is 66.2 Å². The van der Waals surface area contributed by atoms with Crippen molar-refractivity contribution in [3.05, 3.63) is 36.9 Å². The third-order valence-electron chi connectivity index (χ3n) is 3.06. The van der Waals surface area contributed by atoms with Gasteiger partial charge < -0.3 is 9.47 Å². The van der Waals surface area contributed by atoms with Crippen LogP contribution in [0.2, 0.25) is 0 Å².